The van der Waals surface area contributed by atoms with Gasteiger partial charge in [0, 0.05) is 6.42 Å². The molecule has 0 rings (SSSR count). The SMILES string of the molecule is CCCC(O)OC(=O)C(C)(C#N)C#N. The number of ether oxygens (including phenoxy) is 1. The molecule has 1 N–H and O–H groups in total. The van der Waals surface area contributed by atoms with Crippen LogP contribution in [0.3, 0.4) is 0 Å². The fourth-order valence-corrected chi connectivity index (χ4v) is 0.664. The van der Waals surface area contributed by atoms with Gasteiger partial charge in [0.15, 0.2) is 0 Å². The van der Waals surface area contributed by atoms with E-state index in [0.29, 0.717) is 12.8 Å². The molecule has 76 valence electrons. The number of hydrogen-bond donors (Lipinski definition) is 1. The lowest BCUT2D eigenvalue weighted by molar-refractivity contribution is -0.174. The van der Waals surface area contributed by atoms with Gasteiger partial charge >= 0.3 is 5.97 Å². The monoisotopic (exact) mass is 196 g/mol. The van der Waals surface area contributed by atoms with Crippen molar-refractivity contribution in [3.05, 3.63) is 0 Å². The Hall–Kier alpha value is -1.59. The predicted molar refractivity (Wildman–Crippen MR) is 46.3 cm³/mol. The molecule has 0 aliphatic heterocycles. The van der Waals surface area contributed by atoms with Crippen LogP contribution < -0.4 is 0 Å². The Morgan fingerprint density at radius 2 is 2.07 bits per heavy atom. The van der Waals surface area contributed by atoms with Crippen LogP contribution in [-0.2, 0) is 9.53 Å². The van der Waals surface area contributed by atoms with Crippen LogP contribution in [0.4, 0.5) is 0 Å². The van der Waals surface area contributed by atoms with E-state index in [9.17, 15) is 4.79 Å². The van der Waals surface area contributed by atoms with Crippen molar-refractivity contribution < 1.29 is 14.6 Å². The summed E-state index contributed by atoms with van der Waals surface area (Å²) in [6.07, 6.45) is -0.309. The largest absolute Gasteiger partial charge is 0.434 e. The third-order valence-electron chi connectivity index (χ3n) is 1.63. The molecule has 1 unspecified atom stereocenters. The first-order valence-corrected chi connectivity index (χ1v) is 4.21. The highest BCUT2D eigenvalue weighted by atomic mass is 16.6. The van der Waals surface area contributed by atoms with Gasteiger partial charge in [-0.15, -0.1) is 0 Å². The minimum Gasteiger partial charge on any atom is -0.434 e. The van der Waals surface area contributed by atoms with Crippen molar-refractivity contribution in [2.75, 3.05) is 0 Å². The molecule has 0 aromatic carbocycles. The molecule has 0 amide bonds. The van der Waals surface area contributed by atoms with Crippen LogP contribution in [0.1, 0.15) is 26.7 Å². The first kappa shape index (κ1) is 12.4. The molecule has 0 spiro atoms. The number of carbonyl (C=O) groups is 1. The second kappa shape index (κ2) is 5.21. The molecule has 0 aliphatic rings. The van der Waals surface area contributed by atoms with Crippen LogP contribution in [0.5, 0.6) is 0 Å². The first-order valence-electron chi connectivity index (χ1n) is 4.21. The summed E-state index contributed by atoms with van der Waals surface area (Å²) in [4.78, 5) is 11.2. The smallest absolute Gasteiger partial charge is 0.343 e. The normalized spacial score (nSPS) is 12.4. The average molecular weight is 196 g/mol. The summed E-state index contributed by atoms with van der Waals surface area (Å²) >= 11 is 0. The molecule has 0 fully saturated rings. The van der Waals surface area contributed by atoms with Crippen LogP contribution in [-0.4, -0.2) is 17.4 Å². The second-order valence-electron chi connectivity index (χ2n) is 3.00. The molecule has 1 atom stereocenters. The van der Waals surface area contributed by atoms with Gasteiger partial charge in [-0.3, -0.25) is 0 Å². The molecule has 0 radical (unpaired) electrons. The van der Waals surface area contributed by atoms with E-state index < -0.39 is 17.7 Å². The Labute approximate surface area is 82.5 Å². The minimum atomic E-state index is -1.84. The topological polar surface area (TPSA) is 94.1 Å². The molecule has 0 aromatic heterocycles. The minimum absolute atomic E-state index is 0.290. The molecule has 0 aromatic rings. The lowest BCUT2D eigenvalue weighted by atomic mass is 9.95. The molecule has 0 saturated heterocycles. The van der Waals surface area contributed by atoms with Crippen molar-refractivity contribution in [3.8, 4) is 12.1 Å². The Morgan fingerprint density at radius 3 is 2.43 bits per heavy atom. The number of rotatable bonds is 4. The van der Waals surface area contributed by atoms with Crippen LogP contribution in [0.25, 0.3) is 0 Å². The maximum atomic E-state index is 11.2. The lowest BCUT2D eigenvalue weighted by Gasteiger charge is -2.15. The van der Waals surface area contributed by atoms with E-state index >= 15 is 0 Å². The highest BCUT2D eigenvalue weighted by Crippen LogP contribution is 2.17. The van der Waals surface area contributed by atoms with Crippen molar-refractivity contribution in [1.82, 2.24) is 0 Å². The molecular weight excluding hydrogens is 184 g/mol. The fraction of sp³-hybridized carbons (Fsp3) is 0.667. The van der Waals surface area contributed by atoms with Gasteiger partial charge in [0.05, 0.1) is 12.1 Å². The van der Waals surface area contributed by atoms with Gasteiger partial charge < -0.3 is 9.84 Å². The van der Waals surface area contributed by atoms with Crippen molar-refractivity contribution >= 4 is 5.97 Å². The van der Waals surface area contributed by atoms with Crippen LogP contribution in [0.2, 0.25) is 0 Å². The zero-order valence-corrected chi connectivity index (χ0v) is 8.15. The molecule has 5 heteroatoms. The second-order valence-corrected chi connectivity index (χ2v) is 3.00. The van der Waals surface area contributed by atoms with Gasteiger partial charge in [-0.25, -0.2) is 4.79 Å². The van der Waals surface area contributed by atoms with Crippen molar-refractivity contribution in [2.45, 2.75) is 33.0 Å². The molecule has 5 nitrogen and oxygen atoms in total. The van der Waals surface area contributed by atoms with Gasteiger partial charge in [0.25, 0.3) is 0 Å². The van der Waals surface area contributed by atoms with Gasteiger partial charge in [-0.1, -0.05) is 13.3 Å². The summed E-state index contributed by atoms with van der Waals surface area (Å²) in [5.74, 6) is -1.01. The van der Waals surface area contributed by atoms with Crippen molar-refractivity contribution in [1.29, 1.82) is 10.5 Å². The predicted octanol–water partition coefficient (Wildman–Crippen LogP) is 0.702. The Bertz CT molecular complexity index is 273. The maximum Gasteiger partial charge on any atom is 0.343 e. The standard InChI is InChI=1S/C9H12N2O3/c1-3-4-7(12)14-8(13)9(2,5-10)6-11/h7,12H,3-4H2,1-2H3. The van der Waals surface area contributed by atoms with E-state index in [0.717, 1.165) is 6.92 Å². The summed E-state index contributed by atoms with van der Waals surface area (Å²) in [6, 6.07) is 3.06. The van der Waals surface area contributed by atoms with Crippen molar-refractivity contribution in [2.24, 2.45) is 5.41 Å². The van der Waals surface area contributed by atoms with Crippen LogP contribution in [0.15, 0.2) is 0 Å². The molecule has 0 bridgehead atoms. The molecule has 0 heterocycles. The summed E-state index contributed by atoms with van der Waals surface area (Å²) in [6.45, 7) is 2.96. The van der Waals surface area contributed by atoms with Crippen LogP contribution in [0, 0.1) is 28.1 Å². The van der Waals surface area contributed by atoms with E-state index in [-0.39, 0.29) is 0 Å². The molecule has 14 heavy (non-hydrogen) atoms. The van der Waals surface area contributed by atoms with Crippen molar-refractivity contribution in [3.63, 3.8) is 0 Å². The number of hydrogen-bond acceptors (Lipinski definition) is 5. The number of aliphatic hydroxyl groups is 1. The summed E-state index contributed by atoms with van der Waals surface area (Å²) < 4.78 is 4.51. The number of aliphatic hydroxyl groups excluding tert-OH is 1. The highest BCUT2D eigenvalue weighted by Gasteiger charge is 2.36. The lowest BCUT2D eigenvalue weighted by Crippen LogP contribution is -2.30. The zero-order chi connectivity index (χ0) is 11.2. The average Bonchev–Trinajstić information content (AvgIpc) is 2.16. The quantitative estimate of drug-likeness (QED) is 0.527. The number of nitriles is 2. The van der Waals surface area contributed by atoms with Gasteiger partial charge in [-0.2, -0.15) is 10.5 Å². The molecule has 0 aliphatic carbocycles. The fourth-order valence-electron chi connectivity index (χ4n) is 0.664. The highest BCUT2D eigenvalue weighted by molar-refractivity contribution is 5.82. The summed E-state index contributed by atoms with van der Waals surface area (Å²) in [5.41, 5.74) is -1.84. The number of nitrogens with zero attached hydrogens (tertiary/aromatic N) is 2. The Kier molecular flexibility index (Phi) is 4.62. The Balaban J connectivity index is 4.37. The molecular formula is C9H12N2O3. The van der Waals surface area contributed by atoms with Gasteiger partial charge in [0.1, 0.15) is 0 Å². The first-order chi connectivity index (χ1) is 6.50. The van der Waals surface area contributed by atoms with Gasteiger partial charge in [0.2, 0.25) is 11.7 Å². The maximum absolute atomic E-state index is 11.2. The summed E-state index contributed by atoms with van der Waals surface area (Å²) in [5, 5.41) is 26.2. The third-order valence-corrected chi connectivity index (χ3v) is 1.63. The number of esters is 1. The Morgan fingerprint density at radius 1 is 1.57 bits per heavy atom. The van der Waals surface area contributed by atoms with E-state index in [4.69, 9.17) is 15.6 Å². The number of carbonyl (C=O) groups excluding carboxylic acids is 1. The molecule has 0 saturated carbocycles. The van der Waals surface area contributed by atoms with E-state index in [1.54, 1.807) is 0 Å². The van der Waals surface area contributed by atoms with E-state index in [1.807, 2.05) is 6.92 Å². The van der Waals surface area contributed by atoms with Crippen LogP contribution >= 0.6 is 0 Å². The van der Waals surface area contributed by atoms with E-state index in [2.05, 4.69) is 4.74 Å². The third kappa shape index (κ3) is 3.04. The van der Waals surface area contributed by atoms with Gasteiger partial charge in [-0.05, 0) is 6.92 Å². The zero-order valence-electron chi connectivity index (χ0n) is 8.15. The summed E-state index contributed by atoms with van der Waals surface area (Å²) in [7, 11) is 0. The van der Waals surface area contributed by atoms with E-state index in [1.165, 1.54) is 12.1 Å².